The summed E-state index contributed by atoms with van der Waals surface area (Å²) >= 11 is 1.49. The van der Waals surface area contributed by atoms with Gasteiger partial charge >= 0.3 is 0 Å². The van der Waals surface area contributed by atoms with Crippen LogP contribution >= 0.6 is 11.3 Å². The van der Waals surface area contributed by atoms with Gasteiger partial charge in [-0.25, -0.2) is 0 Å². The van der Waals surface area contributed by atoms with Gasteiger partial charge in [0.1, 0.15) is 5.60 Å². The Balaban J connectivity index is 1.87. The van der Waals surface area contributed by atoms with E-state index in [-0.39, 0.29) is 11.9 Å². The Bertz CT molecular complexity index is 713. The molecular formula is C19H24N2O2S. The lowest BCUT2D eigenvalue weighted by atomic mass is 9.79. The Labute approximate surface area is 147 Å². The van der Waals surface area contributed by atoms with Crippen LogP contribution in [0.5, 0.6) is 0 Å². The van der Waals surface area contributed by atoms with Gasteiger partial charge in [-0.1, -0.05) is 30.3 Å². The second-order valence-electron chi connectivity index (χ2n) is 6.70. The van der Waals surface area contributed by atoms with Crippen molar-refractivity contribution in [3.05, 3.63) is 57.8 Å². The third-order valence-electron chi connectivity index (χ3n) is 4.95. The van der Waals surface area contributed by atoms with Crippen molar-refractivity contribution < 1.29 is 9.90 Å². The molecule has 2 unspecified atom stereocenters. The summed E-state index contributed by atoms with van der Waals surface area (Å²) in [5, 5.41) is 13.3. The number of carbonyl (C=O) groups excluding carboxylic acids is 1. The minimum Gasteiger partial charge on any atom is -0.383 e. The molecule has 0 bridgehead atoms. The zero-order valence-electron chi connectivity index (χ0n) is 14.4. The number of piperidine rings is 1. The Hall–Kier alpha value is -1.69. The van der Waals surface area contributed by atoms with Crippen molar-refractivity contribution in [2.45, 2.75) is 25.0 Å². The number of rotatable bonds is 3. The summed E-state index contributed by atoms with van der Waals surface area (Å²) in [7, 11) is 3.92. The molecule has 128 valence electrons. The quantitative estimate of drug-likeness (QED) is 0.931. The van der Waals surface area contributed by atoms with Gasteiger partial charge in [-0.2, -0.15) is 0 Å². The normalized spacial score (nSPS) is 24.4. The molecule has 1 fully saturated rings. The molecule has 5 heteroatoms. The number of aliphatic hydroxyl groups is 1. The van der Waals surface area contributed by atoms with Gasteiger partial charge < -0.3 is 14.9 Å². The van der Waals surface area contributed by atoms with Crippen molar-refractivity contribution >= 4 is 17.2 Å². The summed E-state index contributed by atoms with van der Waals surface area (Å²) in [5.41, 5.74) is 1.00. The molecular weight excluding hydrogens is 320 g/mol. The summed E-state index contributed by atoms with van der Waals surface area (Å²) in [5.74, 6) is 0.0736. The van der Waals surface area contributed by atoms with E-state index in [1.165, 1.54) is 11.3 Å². The number of carbonyl (C=O) groups is 1. The number of thiophene rings is 1. The Kier molecular flexibility index (Phi) is 4.76. The van der Waals surface area contributed by atoms with Crippen LogP contribution in [0.25, 0.3) is 0 Å². The maximum atomic E-state index is 12.8. The van der Waals surface area contributed by atoms with Crippen LogP contribution in [0.1, 0.15) is 27.2 Å². The van der Waals surface area contributed by atoms with Crippen LogP contribution in [0, 0.1) is 6.92 Å². The van der Waals surface area contributed by atoms with Gasteiger partial charge in [0.15, 0.2) is 0 Å². The minimum atomic E-state index is -0.938. The predicted molar refractivity (Wildman–Crippen MR) is 97.4 cm³/mol. The van der Waals surface area contributed by atoms with Gasteiger partial charge in [0.05, 0.1) is 10.9 Å². The molecule has 1 aromatic carbocycles. The SMILES string of the molecule is Cc1ccsc1C(=O)N1CCC(O)(c2ccccc2)C(N(C)C)C1. The highest BCUT2D eigenvalue weighted by Crippen LogP contribution is 2.36. The molecule has 1 saturated heterocycles. The highest BCUT2D eigenvalue weighted by atomic mass is 32.1. The molecule has 24 heavy (non-hydrogen) atoms. The van der Waals surface area contributed by atoms with Gasteiger partial charge in [0, 0.05) is 13.1 Å². The molecule has 2 heterocycles. The first kappa shape index (κ1) is 17.1. The predicted octanol–water partition coefficient (Wildman–Crippen LogP) is 2.72. The van der Waals surface area contributed by atoms with Crippen LogP contribution in [0.2, 0.25) is 0 Å². The van der Waals surface area contributed by atoms with Gasteiger partial charge in [-0.3, -0.25) is 4.79 Å². The smallest absolute Gasteiger partial charge is 0.264 e. The van der Waals surface area contributed by atoms with Crippen LogP contribution in [-0.2, 0) is 5.60 Å². The van der Waals surface area contributed by atoms with E-state index in [0.717, 1.165) is 16.0 Å². The lowest BCUT2D eigenvalue weighted by molar-refractivity contribution is -0.0810. The minimum absolute atomic E-state index is 0.0736. The molecule has 1 N–H and O–H groups in total. The molecule has 1 aromatic heterocycles. The van der Waals surface area contributed by atoms with Crippen molar-refractivity contribution in [1.29, 1.82) is 0 Å². The highest BCUT2D eigenvalue weighted by molar-refractivity contribution is 7.12. The number of hydrogen-bond donors (Lipinski definition) is 1. The lowest BCUT2D eigenvalue weighted by Gasteiger charge is -2.47. The van der Waals surface area contributed by atoms with Crippen LogP contribution < -0.4 is 0 Å². The van der Waals surface area contributed by atoms with E-state index in [1.54, 1.807) is 0 Å². The van der Waals surface area contributed by atoms with Crippen LogP contribution in [0.3, 0.4) is 0 Å². The molecule has 0 spiro atoms. The molecule has 2 atom stereocenters. The Morgan fingerprint density at radius 1 is 1.29 bits per heavy atom. The second kappa shape index (κ2) is 6.67. The first-order valence-electron chi connectivity index (χ1n) is 8.21. The van der Waals surface area contributed by atoms with Gasteiger partial charge in [0.25, 0.3) is 5.91 Å². The summed E-state index contributed by atoms with van der Waals surface area (Å²) in [6.07, 6.45) is 0.538. The van der Waals surface area contributed by atoms with E-state index in [4.69, 9.17) is 0 Å². The van der Waals surface area contributed by atoms with Crippen LogP contribution in [-0.4, -0.2) is 54.0 Å². The molecule has 0 aliphatic carbocycles. The third-order valence-corrected chi connectivity index (χ3v) is 5.95. The average molecular weight is 344 g/mol. The first-order valence-corrected chi connectivity index (χ1v) is 9.09. The number of hydrogen-bond acceptors (Lipinski definition) is 4. The fourth-order valence-corrected chi connectivity index (χ4v) is 4.39. The Morgan fingerprint density at radius 3 is 2.58 bits per heavy atom. The summed E-state index contributed by atoms with van der Waals surface area (Å²) in [4.78, 5) is 17.5. The number of likely N-dealkylation sites (N-methyl/N-ethyl adjacent to an activating group) is 1. The summed E-state index contributed by atoms with van der Waals surface area (Å²) < 4.78 is 0. The van der Waals surface area contributed by atoms with Gasteiger partial charge in [-0.05, 0) is 50.0 Å². The number of likely N-dealkylation sites (tertiary alicyclic amines) is 1. The fourth-order valence-electron chi connectivity index (χ4n) is 3.50. The Morgan fingerprint density at radius 2 is 2.00 bits per heavy atom. The van der Waals surface area contributed by atoms with E-state index in [0.29, 0.717) is 19.5 Å². The zero-order valence-corrected chi connectivity index (χ0v) is 15.2. The largest absolute Gasteiger partial charge is 0.383 e. The monoisotopic (exact) mass is 344 g/mol. The number of nitrogens with zero attached hydrogens (tertiary/aromatic N) is 2. The first-order chi connectivity index (χ1) is 11.4. The molecule has 2 aromatic rings. The topological polar surface area (TPSA) is 43.8 Å². The maximum absolute atomic E-state index is 12.8. The molecule has 1 aliphatic heterocycles. The summed E-state index contributed by atoms with van der Waals surface area (Å²) in [6.45, 7) is 3.05. The van der Waals surface area contributed by atoms with Crippen LogP contribution in [0.15, 0.2) is 41.8 Å². The van der Waals surface area contributed by atoms with E-state index < -0.39 is 5.60 Å². The fraction of sp³-hybridized carbons (Fsp3) is 0.421. The molecule has 1 amide bonds. The zero-order chi connectivity index (χ0) is 17.3. The van der Waals surface area contributed by atoms with E-state index >= 15 is 0 Å². The lowest BCUT2D eigenvalue weighted by Crippen LogP contribution is -2.60. The third kappa shape index (κ3) is 2.99. The van der Waals surface area contributed by atoms with Crippen molar-refractivity contribution in [2.75, 3.05) is 27.2 Å². The van der Waals surface area contributed by atoms with Crippen molar-refractivity contribution in [3.8, 4) is 0 Å². The van der Waals surface area contributed by atoms with E-state index in [2.05, 4.69) is 0 Å². The number of benzene rings is 1. The summed E-state index contributed by atoms with van der Waals surface area (Å²) in [6, 6.07) is 11.6. The average Bonchev–Trinajstić information content (AvgIpc) is 3.01. The second-order valence-corrected chi connectivity index (χ2v) is 7.62. The van der Waals surface area contributed by atoms with Gasteiger partial charge in [0.2, 0.25) is 0 Å². The molecule has 4 nitrogen and oxygen atoms in total. The van der Waals surface area contributed by atoms with Crippen molar-refractivity contribution in [2.24, 2.45) is 0 Å². The molecule has 3 rings (SSSR count). The van der Waals surface area contributed by atoms with Crippen molar-refractivity contribution in [1.82, 2.24) is 9.80 Å². The molecule has 0 radical (unpaired) electrons. The molecule has 0 saturated carbocycles. The number of aryl methyl sites for hydroxylation is 1. The van der Waals surface area contributed by atoms with Crippen LogP contribution in [0.4, 0.5) is 0 Å². The van der Waals surface area contributed by atoms with E-state index in [1.807, 2.05) is 72.6 Å². The standard InChI is InChI=1S/C19H24N2O2S/c1-14-9-12-24-17(14)18(22)21-11-10-19(23,16(13-21)20(2)3)15-7-5-4-6-8-15/h4-9,12,16,23H,10-11,13H2,1-3H3. The molecule has 1 aliphatic rings. The van der Waals surface area contributed by atoms with E-state index in [9.17, 15) is 9.90 Å². The number of amides is 1. The highest BCUT2D eigenvalue weighted by Gasteiger charge is 2.45. The van der Waals surface area contributed by atoms with Crippen molar-refractivity contribution in [3.63, 3.8) is 0 Å². The maximum Gasteiger partial charge on any atom is 0.264 e. The van der Waals surface area contributed by atoms with Gasteiger partial charge in [-0.15, -0.1) is 11.3 Å².